The molecule has 0 N–H and O–H groups in total. The number of hydrogen-bond donors (Lipinski definition) is 0. The van der Waals surface area contributed by atoms with E-state index in [4.69, 9.17) is 14.2 Å². The number of nitrogens with zero attached hydrogens (tertiary/aromatic N) is 2. The summed E-state index contributed by atoms with van der Waals surface area (Å²) in [5.74, 6) is -1.24. The molecule has 0 unspecified atom stereocenters. The van der Waals surface area contributed by atoms with E-state index in [-0.39, 0.29) is 47.9 Å². The van der Waals surface area contributed by atoms with Gasteiger partial charge in [0.15, 0.2) is 5.78 Å². The highest BCUT2D eigenvalue weighted by Crippen LogP contribution is 2.31. The maximum Gasteiger partial charge on any atom is 0.348 e. The molecule has 11 heteroatoms. The average Bonchev–Trinajstić information content (AvgIpc) is 3.27. The van der Waals surface area contributed by atoms with Gasteiger partial charge in [-0.15, -0.1) is 11.3 Å². The van der Waals surface area contributed by atoms with Gasteiger partial charge in [-0.1, -0.05) is 12.1 Å². The van der Waals surface area contributed by atoms with E-state index in [1.165, 1.54) is 18.2 Å². The van der Waals surface area contributed by atoms with Crippen LogP contribution in [0.25, 0.3) is 6.08 Å². The number of nitriles is 1. The molecule has 3 aromatic rings. The lowest BCUT2D eigenvalue weighted by Crippen LogP contribution is -2.12. The molecule has 0 aliphatic carbocycles. The molecule has 0 aliphatic rings. The van der Waals surface area contributed by atoms with Crippen molar-refractivity contribution in [3.8, 4) is 11.8 Å². The van der Waals surface area contributed by atoms with Crippen LogP contribution in [0.3, 0.4) is 0 Å². The number of nitro benzene ring substituents is 1. The molecule has 0 aliphatic heterocycles. The molecule has 206 valence electrons. The summed E-state index contributed by atoms with van der Waals surface area (Å²) in [6.07, 6.45) is 1.16. The molecule has 2 aromatic carbocycles. The summed E-state index contributed by atoms with van der Waals surface area (Å²) < 4.78 is 15.9. The summed E-state index contributed by atoms with van der Waals surface area (Å²) in [6.45, 7) is 5.38. The number of ketones is 1. The first-order chi connectivity index (χ1) is 19.2. The summed E-state index contributed by atoms with van der Waals surface area (Å²) in [4.78, 5) is 48.9. The zero-order valence-corrected chi connectivity index (χ0v) is 22.9. The lowest BCUT2D eigenvalue weighted by molar-refractivity contribution is -0.384. The Morgan fingerprint density at radius 2 is 1.62 bits per heavy atom. The molecule has 0 amide bonds. The summed E-state index contributed by atoms with van der Waals surface area (Å²) in [7, 11) is 0. The number of Topliss-reactive ketones (excluding diaryl/α,β-unsaturated/α-hetero) is 1. The van der Waals surface area contributed by atoms with Gasteiger partial charge in [0.25, 0.3) is 5.69 Å². The highest BCUT2D eigenvalue weighted by Gasteiger charge is 2.28. The van der Waals surface area contributed by atoms with Gasteiger partial charge in [0, 0.05) is 23.4 Å². The molecule has 1 heterocycles. The lowest BCUT2D eigenvalue weighted by atomic mass is 10.0. The molecular formula is C29H26N2O8S. The third kappa shape index (κ3) is 7.39. The Morgan fingerprint density at radius 1 is 1.00 bits per heavy atom. The van der Waals surface area contributed by atoms with Crippen LogP contribution >= 0.6 is 11.3 Å². The quantitative estimate of drug-likeness (QED) is 0.0902. The summed E-state index contributed by atoms with van der Waals surface area (Å²) in [6, 6.07) is 14.6. The Labute approximate surface area is 234 Å². The topological polar surface area (TPSA) is 146 Å². The van der Waals surface area contributed by atoms with Gasteiger partial charge in [-0.05, 0) is 67.8 Å². The van der Waals surface area contributed by atoms with Crippen LogP contribution in [0.1, 0.15) is 55.4 Å². The van der Waals surface area contributed by atoms with Crippen LogP contribution in [0, 0.1) is 28.4 Å². The number of nitro groups is 1. The Hall–Kier alpha value is -4.82. The number of thiophene rings is 1. The van der Waals surface area contributed by atoms with Gasteiger partial charge >= 0.3 is 11.9 Å². The molecule has 0 saturated heterocycles. The molecule has 0 fully saturated rings. The summed E-state index contributed by atoms with van der Waals surface area (Å²) >= 11 is 0.976. The maximum atomic E-state index is 13.1. The van der Waals surface area contributed by atoms with Gasteiger partial charge in [0.2, 0.25) is 0 Å². The number of carbonyl (C=O) groups is 3. The van der Waals surface area contributed by atoms with Crippen LogP contribution in [0.5, 0.6) is 5.75 Å². The zero-order valence-electron chi connectivity index (χ0n) is 22.1. The Bertz CT molecular complexity index is 1480. The van der Waals surface area contributed by atoms with E-state index < -0.39 is 22.6 Å². The van der Waals surface area contributed by atoms with E-state index in [1.54, 1.807) is 57.2 Å². The molecule has 40 heavy (non-hydrogen) atoms. The molecule has 0 atom stereocenters. The highest BCUT2D eigenvalue weighted by atomic mass is 32.1. The minimum absolute atomic E-state index is 0.00602. The minimum Gasteiger partial charge on any atom is -0.489 e. The normalized spacial score (nSPS) is 10.9. The summed E-state index contributed by atoms with van der Waals surface area (Å²) in [5, 5.41) is 20.4. The van der Waals surface area contributed by atoms with Crippen molar-refractivity contribution in [2.45, 2.75) is 33.8 Å². The summed E-state index contributed by atoms with van der Waals surface area (Å²) in [5.41, 5.74) is 1.70. The maximum absolute atomic E-state index is 13.1. The van der Waals surface area contributed by atoms with Gasteiger partial charge in [0.05, 0.1) is 29.3 Å². The van der Waals surface area contributed by atoms with Crippen LogP contribution in [0.4, 0.5) is 5.69 Å². The van der Waals surface area contributed by atoms with E-state index in [1.807, 2.05) is 6.07 Å². The van der Waals surface area contributed by atoms with E-state index >= 15 is 0 Å². The number of hydrogen-bond acceptors (Lipinski definition) is 10. The predicted octanol–water partition coefficient (Wildman–Crippen LogP) is 5.62. The average molecular weight is 563 g/mol. The fourth-order valence-electron chi connectivity index (χ4n) is 3.68. The smallest absolute Gasteiger partial charge is 0.348 e. The molecule has 0 spiro atoms. The van der Waals surface area contributed by atoms with Crippen molar-refractivity contribution in [1.29, 1.82) is 5.26 Å². The van der Waals surface area contributed by atoms with Crippen molar-refractivity contribution in [3.05, 3.63) is 96.2 Å². The van der Waals surface area contributed by atoms with Crippen LogP contribution in [0.15, 0.2) is 54.1 Å². The number of carbonyl (C=O) groups excluding carboxylic acids is 3. The number of allylic oxidation sites excluding steroid dienone is 1. The van der Waals surface area contributed by atoms with Crippen molar-refractivity contribution in [3.63, 3.8) is 0 Å². The van der Waals surface area contributed by atoms with Crippen molar-refractivity contribution in [1.82, 2.24) is 0 Å². The Kier molecular flexibility index (Phi) is 10.3. The first-order valence-corrected chi connectivity index (χ1v) is 13.1. The second-order valence-corrected chi connectivity index (χ2v) is 9.45. The van der Waals surface area contributed by atoms with Crippen LogP contribution < -0.4 is 4.74 Å². The Balaban J connectivity index is 1.75. The third-order valence-electron chi connectivity index (χ3n) is 5.65. The lowest BCUT2D eigenvalue weighted by Gasteiger charge is -2.07. The SMILES string of the molecule is CCOC(=O)c1sc(CC(=O)/C(C#N)=C/c2ccc(OCc3ccc([N+](=O)[O-])cc3)cc2)c(C(=O)OCC)c1C. The van der Waals surface area contributed by atoms with Crippen LogP contribution in [-0.2, 0) is 27.3 Å². The molecule has 1 aromatic heterocycles. The molecule has 0 radical (unpaired) electrons. The minimum atomic E-state index is -0.651. The number of non-ortho nitro benzene ring substituents is 1. The van der Waals surface area contributed by atoms with Crippen molar-refractivity contribution in [2.24, 2.45) is 0 Å². The largest absolute Gasteiger partial charge is 0.489 e. The standard InChI is InChI=1S/C29H26N2O8S/c1-4-37-28(33)26-18(3)27(29(34)38-5-2)40-25(26)15-24(32)21(16-30)14-19-8-12-23(13-9-19)39-17-20-6-10-22(11-7-20)31(35)36/h6-14H,4-5,15,17H2,1-3H3/b21-14+. The van der Waals surface area contributed by atoms with E-state index in [9.17, 15) is 29.8 Å². The number of benzene rings is 2. The second-order valence-electron chi connectivity index (χ2n) is 8.35. The highest BCUT2D eigenvalue weighted by molar-refractivity contribution is 7.14. The van der Waals surface area contributed by atoms with Crippen LogP contribution in [-0.4, -0.2) is 35.9 Å². The van der Waals surface area contributed by atoms with Gasteiger partial charge in [-0.3, -0.25) is 14.9 Å². The predicted molar refractivity (Wildman–Crippen MR) is 147 cm³/mol. The van der Waals surface area contributed by atoms with Crippen molar-refractivity contribution < 1.29 is 33.5 Å². The number of rotatable bonds is 12. The van der Waals surface area contributed by atoms with Crippen molar-refractivity contribution in [2.75, 3.05) is 13.2 Å². The fourth-order valence-corrected chi connectivity index (χ4v) is 4.87. The number of esters is 2. The molecule has 0 saturated carbocycles. The third-order valence-corrected chi connectivity index (χ3v) is 6.92. The van der Waals surface area contributed by atoms with E-state index in [0.717, 1.165) is 16.9 Å². The van der Waals surface area contributed by atoms with Crippen molar-refractivity contribution >= 4 is 40.8 Å². The van der Waals surface area contributed by atoms with Gasteiger partial charge in [-0.25, -0.2) is 9.59 Å². The molecular weight excluding hydrogens is 536 g/mol. The molecule has 3 rings (SSSR count). The monoisotopic (exact) mass is 562 g/mol. The first-order valence-electron chi connectivity index (χ1n) is 12.3. The van der Waals surface area contributed by atoms with Gasteiger partial charge in [0.1, 0.15) is 23.3 Å². The van der Waals surface area contributed by atoms with E-state index in [0.29, 0.717) is 21.8 Å². The Morgan fingerprint density at radius 3 is 2.20 bits per heavy atom. The second kappa shape index (κ2) is 13.8. The molecule has 0 bridgehead atoms. The first kappa shape index (κ1) is 29.7. The van der Waals surface area contributed by atoms with E-state index in [2.05, 4.69) is 0 Å². The van der Waals surface area contributed by atoms with Crippen LogP contribution in [0.2, 0.25) is 0 Å². The zero-order chi connectivity index (χ0) is 29.2. The fraction of sp³-hybridized carbons (Fsp3) is 0.241. The van der Waals surface area contributed by atoms with Gasteiger partial charge in [-0.2, -0.15) is 5.26 Å². The number of ether oxygens (including phenoxy) is 3. The molecule has 10 nitrogen and oxygen atoms in total. The van der Waals surface area contributed by atoms with Gasteiger partial charge < -0.3 is 14.2 Å².